The van der Waals surface area contributed by atoms with Gasteiger partial charge in [-0.05, 0) is 35.9 Å². The Hall–Kier alpha value is -1.79. The largest absolute Gasteiger partial charge is 0.493 e. The molecular weight excluding hydrogens is 412 g/mol. The van der Waals surface area contributed by atoms with E-state index in [9.17, 15) is 0 Å². The minimum atomic E-state index is -0.105. The van der Waals surface area contributed by atoms with Crippen molar-refractivity contribution in [3.8, 4) is 11.5 Å². The molecule has 0 radical (unpaired) electrons. The Morgan fingerprint density at radius 2 is 2.12 bits per heavy atom. The van der Waals surface area contributed by atoms with Crippen LogP contribution in [-0.2, 0) is 5.41 Å². The first kappa shape index (κ1) is 17.6. The van der Waals surface area contributed by atoms with Crippen LogP contribution < -0.4 is 20.5 Å². The monoisotopic (exact) mass is 432 g/mol. The maximum absolute atomic E-state index is 6.18. The smallest absolute Gasteiger partial charge is 0.167 e. The molecule has 0 saturated heterocycles. The van der Waals surface area contributed by atoms with E-state index in [0.29, 0.717) is 11.6 Å². The third-order valence-corrected chi connectivity index (χ3v) is 6.61. The van der Waals surface area contributed by atoms with Gasteiger partial charge in [-0.15, -0.1) is 0 Å². The van der Waals surface area contributed by atoms with Crippen LogP contribution in [0.3, 0.4) is 0 Å². The summed E-state index contributed by atoms with van der Waals surface area (Å²) >= 11 is 8.87. The van der Waals surface area contributed by atoms with Crippen molar-refractivity contribution in [2.75, 3.05) is 19.0 Å². The molecule has 2 unspecified atom stereocenters. The fraction of sp³-hybridized carbons (Fsp3) is 0.350. The lowest BCUT2D eigenvalue weighted by molar-refractivity contribution is 0.131. The van der Waals surface area contributed by atoms with Crippen LogP contribution in [0, 0.1) is 5.92 Å². The van der Waals surface area contributed by atoms with Gasteiger partial charge in [-0.25, -0.2) is 0 Å². The van der Waals surface area contributed by atoms with Crippen molar-refractivity contribution < 1.29 is 9.47 Å². The fourth-order valence-electron chi connectivity index (χ4n) is 4.15. The molecule has 0 spiro atoms. The van der Waals surface area contributed by atoms with E-state index < -0.39 is 0 Å². The molecule has 2 aliphatic heterocycles. The molecule has 0 amide bonds. The minimum Gasteiger partial charge on any atom is -0.493 e. The SMILES string of the molecule is COc1ccc(Br)c2c1OCC1C2Nc2ccc(C(N)=S)cc2C1(C)C. The zero-order chi connectivity index (χ0) is 18.6. The number of halogens is 1. The average molecular weight is 433 g/mol. The Morgan fingerprint density at radius 3 is 2.81 bits per heavy atom. The minimum absolute atomic E-state index is 0.105. The molecule has 3 N–H and O–H groups in total. The Morgan fingerprint density at radius 1 is 1.35 bits per heavy atom. The van der Waals surface area contributed by atoms with Crippen LogP contribution in [0.5, 0.6) is 11.5 Å². The van der Waals surface area contributed by atoms with Crippen LogP contribution in [0.2, 0.25) is 0 Å². The van der Waals surface area contributed by atoms with Crippen molar-refractivity contribution >= 4 is 38.8 Å². The Kier molecular flexibility index (Phi) is 4.15. The van der Waals surface area contributed by atoms with Gasteiger partial charge in [-0.2, -0.15) is 0 Å². The second kappa shape index (κ2) is 6.13. The molecule has 0 aromatic heterocycles. The number of benzene rings is 2. The Bertz CT molecular complexity index is 913. The topological polar surface area (TPSA) is 56.5 Å². The van der Waals surface area contributed by atoms with Crippen molar-refractivity contribution in [2.24, 2.45) is 11.7 Å². The van der Waals surface area contributed by atoms with Gasteiger partial charge in [0.05, 0.1) is 19.8 Å². The van der Waals surface area contributed by atoms with Crippen molar-refractivity contribution in [3.63, 3.8) is 0 Å². The summed E-state index contributed by atoms with van der Waals surface area (Å²) in [6, 6.07) is 10.2. The van der Waals surface area contributed by atoms with Crippen LogP contribution in [0.25, 0.3) is 0 Å². The summed E-state index contributed by atoms with van der Waals surface area (Å²) in [4.78, 5) is 0.420. The van der Waals surface area contributed by atoms with Crippen LogP contribution >= 0.6 is 28.1 Å². The number of hydrogen-bond donors (Lipinski definition) is 2. The van der Waals surface area contributed by atoms with Crippen molar-refractivity contribution in [1.29, 1.82) is 0 Å². The first-order valence-corrected chi connectivity index (χ1v) is 9.74. The highest BCUT2D eigenvalue weighted by molar-refractivity contribution is 9.10. The highest BCUT2D eigenvalue weighted by Gasteiger charge is 2.47. The summed E-state index contributed by atoms with van der Waals surface area (Å²) in [5.74, 6) is 1.83. The van der Waals surface area contributed by atoms with E-state index in [4.69, 9.17) is 27.4 Å². The average Bonchev–Trinajstić information content (AvgIpc) is 2.61. The molecule has 4 nitrogen and oxygen atoms in total. The van der Waals surface area contributed by atoms with Gasteiger partial charge in [0.2, 0.25) is 0 Å². The molecule has 0 saturated carbocycles. The van der Waals surface area contributed by atoms with E-state index in [-0.39, 0.29) is 17.4 Å². The maximum atomic E-state index is 6.18. The van der Waals surface area contributed by atoms with E-state index in [1.54, 1.807) is 7.11 Å². The van der Waals surface area contributed by atoms with Crippen molar-refractivity contribution in [2.45, 2.75) is 25.3 Å². The fourth-order valence-corrected chi connectivity index (χ4v) is 4.83. The van der Waals surface area contributed by atoms with Crippen molar-refractivity contribution in [3.05, 3.63) is 51.5 Å². The lowest BCUT2D eigenvalue weighted by Gasteiger charge is -2.49. The molecule has 2 aromatic carbocycles. The Balaban J connectivity index is 1.88. The van der Waals surface area contributed by atoms with Crippen LogP contribution in [-0.4, -0.2) is 18.7 Å². The number of thiocarbonyl (C=S) groups is 1. The molecule has 136 valence electrons. The molecule has 2 aromatic rings. The number of anilines is 1. The summed E-state index contributed by atoms with van der Waals surface area (Å²) in [7, 11) is 1.67. The first-order valence-electron chi connectivity index (χ1n) is 8.54. The van der Waals surface area contributed by atoms with E-state index in [0.717, 1.165) is 32.8 Å². The lowest BCUT2D eigenvalue weighted by atomic mass is 9.65. The third kappa shape index (κ3) is 2.50. The summed E-state index contributed by atoms with van der Waals surface area (Å²) in [5.41, 5.74) is 10.1. The lowest BCUT2D eigenvalue weighted by Crippen LogP contribution is -2.46. The molecule has 4 rings (SSSR count). The van der Waals surface area contributed by atoms with Gasteiger partial charge in [0.1, 0.15) is 4.99 Å². The first-order chi connectivity index (χ1) is 12.3. The zero-order valence-electron chi connectivity index (χ0n) is 14.9. The molecular formula is C20H21BrN2O2S. The van der Waals surface area contributed by atoms with Gasteiger partial charge >= 0.3 is 0 Å². The molecule has 2 aliphatic rings. The van der Waals surface area contributed by atoms with E-state index in [1.807, 2.05) is 18.2 Å². The normalized spacial score (nSPS) is 22.2. The zero-order valence-corrected chi connectivity index (χ0v) is 17.3. The molecule has 0 fully saturated rings. The number of ether oxygens (including phenoxy) is 2. The van der Waals surface area contributed by atoms with E-state index in [1.165, 1.54) is 5.56 Å². The highest BCUT2D eigenvalue weighted by atomic mass is 79.9. The maximum Gasteiger partial charge on any atom is 0.167 e. The molecule has 2 atom stereocenters. The predicted molar refractivity (Wildman–Crippen MR) is 111 cm³/mol. The number of nitrogens with one attached hydrogen (secondary N) is 1. The van der Waals surface area contributed by atoms with Gasteiger partial charge in [0.15, 0.2) is 11.5 Å². The van der Waals surface area contributed by atoms with E-state index in [2.05, 4.69) is 47.2 Å². The Labute approximate surface area is 167 Å². The van der Waals surface area contributed by atoms with Gasteiger partial charge in [-0.3, -0.25) is 0 Å². The standard InChI is InChI=1S/C20H21BrN2O2S/c1-20(2)11-8-10(19(22)26)4-6-14(11)23-17-12(20)9-25-18-15(24-3)7-5-13(21)16(17)18/h4-8,12,17,23H,9H2,1-3H3,(H2,22,26). The number of fused-ring (bicyclic) bond motifs is 4. The molecule has 0 aliphatic carbocycles. The highest BCUT2D eigenvalue weighted by Crippen LogP contribution is 2.55. The quantitative estimate of drug-likeness (QED) is 0.681. The van der Waals surface area contributed by atoms with Crippen LogP contribution in [0.4, 0.5) is 5.69 Å². The number of nitrogens with two attached hydrogens (primary N) is 1. The van der Waals surface area contributed by atoms with Gasteiger partial charge in [-0.1, -0.05) is 42.0 Å². The molecule has 0 bridgehead atoms. The molecule has 6 heteroatoms. The summed E-state index contributed by atoms with van der Waals surface area (Å²) < 4.78 is 12.7. The summed E-state index contributed by atoms with van der Waals surface area (Å²) in [6.45, 7) is 5.13. The predicted octanol–water partition coefficient (Wildman–Crippen LogP) is 4.54. The van der Waals surface area contributed by atoms with Crippen LogP contribution in [0.15, 0.2) is 34.8 Å². The second-order valence-electron chi connectivity index (χ2n) is 7.38. The van der Waals surface area contributed by atoms with Crippen molar-refractivity contribution in [1.82, 2.24) is 0 Å². The summed E-state index contributed by atoms with van der Waals surface area (Å²) in [5, 5.41) is 3.72. The second-order valence-corrected chi connectivity index (χ2v) is 8.67. The van der Waals surface area contributed by atoms with Gasteiger partial charge in [0.25, 0.3) is 0 Å². The van der Waals surface area contributed by atoms with E-state index >= 15 is 0 Å². The number of methoxy groups -OCH3 is 1. The number of rotatable bonds is 2. The van der Waals surface area contributed by atoms with Crippen LogP contribution in [0.1, 0.15) is 36.6 Å². The number of hydrogen-bond acceptors (Lipinski definition) is 4. The third-order valence-electron chi connectivity index (χ3n) is 5.68. The van der Waals surface area contributed by atoms with Gasteiger partial charge < -0.3 is 20.5 Å². The molecule has 26 heavy (non-hydrogen) atoms. The molecule has 2 heterocycles. The summed E-state index contributed by atoms with van der Waals surface area (Å²) in [6.07, 6.45) is 0. The van der Waals surface area contributed by atoms with Gasteiger partial charge in [0, 0.05) is 32.6 Å².